The number of hydrogen-bond donors (Lipinski definition) is 3. The maximum atomic E-state index is 12.1. The van der Waals surface area contributed by atoms with Crippen molar-refractivity contribution in [2.24, 2.45) is 5.73 Å². The first-order valence-electron chi connectivity index (χ1n) is 6.76. The molecule has 1 aromatic carbocycles. The van der Waals surface area contributed by atoms with E-state index in [4.69, 9.17) is 10.8 Å². The number of rotatable bonds is 8. The van der Waals surface area contributed by atoms with Crippen LogP contribution in [0.2, 0.25) is 0 Å². The largest absolute Gasteiger partial charge is 0.480 e. The number of halogens is 1. The molecular formula is C14H23ClN2O4S. The lowest BCUT2D eigenvalue weighted by molar-refractivity contribution is -0.139. The Morgan fingerprint density at radius 3 is 2.27 bits per heavy atom. The van der Waals surface area contributed by atoms with Crippen LogP contribution >= 0.6 is 11.6 Å². The van der Waals surface area contributed by atoms with Gasteiger partial charge in [0.05, 0.1) is 4.90 Å². The number of sulfonamides is 1. The molecular weight excluding hydrogens is 328 g/mol. The molecule has 22 heavy (non-hydrogen) atoms. The number of benzene rings is 1. The van der Waals surface area contributed by atoms with Crippen LogP contribution in [0.5, 0.6) is 0 Å². The summed E-state index contributed by atoms with van der Waals surface area (Å²) < 4.78 is 26.4. The molecule has 1 atom stereocenters. The van der Waals surface area contributed by atoms with Gasteiger partial charge in [0.25, 0.3) is 0 Å². The average Bonchev–Trinajstić information content (AvgIpc) is 2.48. The molecule has 0 amide bonds. The summed E-state index contributed by atoms with van der Waals surface area (Å²) in [7, 11) is -3.82. The van der Waals surface area contributed by atoms with E-state index in [1.54, 1.807) is 12.1 Å². The number of aryl methyl sites for hydroxylation is 1. The Balaban J connectivity index is 0.00000211. The van der Waals surface area contributed by atoms with Gasteiger partial charge in [0.15, 0.2) is 0 Å². The molecule has 0 aliphatic heterocycles. The maximum absolute atomic E-state index is 12.1. The molecule has 0 saturated heterocycles. The van der Waals surface area contributed by atoms with Crippen molar-refractivity contribution < 1.29 is 18.3 Å². The van der Waals surface area contributed by atoms with E-state index in [-0.39, 0.29) is 11.3 Å². The molecule has 1 aromatic rings. The van der Waals surface area contributed by atoms with E-state index in [1.165, 1.54) is 18.5 Å². The molecule has 4 N–H and O–H groups in total. The van der Waals surface area contributed by atoms with E-state index >= 15 is 0 Å². The summed E-state index contributed by atoms with van der Waals surface area (Å²) in [5, 5.41) is 9.07. The molecule has 0 radical (unpaired) electrons. The van der Waals surface area contributed by atoms with Crippen molar-refractivity contribution in [3.8, 4) is 0 Å². The van der Waals surface area contributed by atoms with E-state index in [0.717, 1.165) is 5.56 Å². The van der Waals surface area contributed by atoms with Gasteiger partial charge in [-0.25, -0.2) is 8.42 Å². The minimum atomic E-state index is -3.82. The van der Waals surface area contributed by atoms with Crippen molar-refractivity contribution in [2.45, 2.75) is 37.1 Å². The van der Waals surface area contributed by atoms with E-state index in [2.05, 4.69) is 16.3 Å². The lowest BCUT2D eigenvalue weighted by Crippen LogP contribution is -2.40. The fraction of sp³-hybridized carbons (Fsp3) is 0.500. The number of unbranched alkanes of at least 4 members (excludes halogenated alkanes) is 1. The standard InChI is InChI=1S/C13H20N2O4S.CH3Cl/c1-10-5-7-11(8-6-10)20(18,19)15-12(13(16)17)4-2-3-9-14;1-2/h5-8,12,15H,2-4,9,14H2,1H3,(H,16,17);1H3/t12-;/m0./s1. The smallest absolute Gasteiger partial charge is 0.321 e. The topological polar surface area (TPSA) is 109 Å². The van der Waals surface area contributed by atoms with Crippen molar-refractivity contribution in [2.75, 3.05) is 12.9 Å². The van der Waals surface area contributed by atoms with Gasteiger partial charge in [0.2, 0.25) is 10.0 Å². The van der Waals surface area contributed by atoms with E-state index in [1.807, 2.05) is 6.92 Å². The predicted molar refractivity (Wildman–Crippen MR) is 87.6 cm³/mol. The number of carbonyl (C=O) groups is 1. The first-order valence-corrected chi connectivity index (χ1v) is 9.00. The molecule has 0 fully saturated rings. The van der Waals surface area contributed by atoms with Gasteiger partial charge in [0, 0.05) is 6.38 Å². The molecule has 0 aliphatic carbocycles. The molecule has 0 spiro atoms. The summed E-state index contributed by atoms with van der Waals surface area (Å²) in [6, 6.07) is 5.11. The zero-order chi connectivity index (χ0) is 17.2. The zero-order valence-corrected chi connectivity index (χ0v) is 14.3. The molecule has 126 valence electrons. The zero-order valence-electron chi connectivity index (χ0n) is 12.8. The highest BCUT2D eigenvalue weighted by molar-refractivity contribution is 7.89. The number of aliphatic carboxylic acids is 1. The maximum Gasteiger partial charge on any atom is 0.321 e. The van der Waals surface area contributed by atoms with Gasteiger partial charge in [-0.05, 0) is 38.4 Å². The lowest BCUT2D eigenvalue weighted by Gasteiger charge is -2.14. The van der Waals surface area contributed by atoms with E-state index in [9.17, 15) is 13.2 Å². The molecule has 8 heteroatoms. The fourth-order valence-electron chi connectivity index (χ4n) is 1.70. The average molecular weight is 351 g/mol. The first kappa shape index (κ1) is 20.9. The Morgan fingerprint density at radius 2 is 1.82 bits per heavy atom. The summed E-state index contributed by atoms with van der Waals surface area (Å²) >= 11 is 4.64. The van der Waals surface area contributed by atoms with E-state index in [0.29, 0.717) is 19.4 Å². The number of nitrogens with two attached hydrogens (primary N) is 1. The highest BCUT2D eigenvalue weighted by Crippen LogP contribution is 2.12. The van der Waals surface area contributed by atoms with Gasteiger partial charge in [-0.1, -0.05) is 24.1 Å². The minimum Gasteiger partial charge on any atom is -0.480 e. The third-order valence-electron chi connectivity index (χ3n) is 2.87. The molecule has 1 rings (SSSR count). The third-order valence-corrected chi connectivity index (χ3v) is 4.36. The van der Waals surface area contributed by atoms with Gasteiger partial charge in [-0.2, -0.15) is 4.72 Å². The Bertz CT molecular complexity index is 546. The van der Waals surface area contributed by atoms with Crippen LogP contribution in [-0.2, 0) is 14.8 Å². The van der Waals surface area contributed by atoms with E-state index < -0.39 is 22.0 Å². The summed E-state index contributed by atoms with van der Waals surface area (Å²) in [5.74, 6) is -1.18. The second-order valence-electron chi connectivity index (χ2n) is 4.61. The van der Waals surface area contributed by atoms with Crippen molar-refractivity contribution in [1.82, 2.24) is 4.72 Å². The summed E-state index contributed by atoms with van der Waals surface area (Å²) in [4.78, 5) is 11.2. The molecule has 0 saturated carbocycles. The summed E-state index contributed by atoms with van der Waals surface area (Å²) in [6.07, 6.45) is 2.91. The number of alkyl halides is 1. The second kappa shape index (κ2) is 10.6. The normalized spacial score (nSPS) is 12.2. The molecule has 0 unspecified atom stereocenters. The third kappa shape index (κ3) is 7.22. The second-order valence-corrected chi connectivity index (χ2v) is 6.32. The van der Waals surface area contributed by atoms with Crippen LogP contribution in [0.1, 0.15) is 24.8 Å². The van der Waals surface area contributed by atoms with Gasteiger partial charge in [0.1, 0.15) is 6.04 Å². The quantitative estimate of drug-likeness (QED) is 0.488. The number of carboxylic acids is 1. The number of nitrogens with one attached hydrogen (secondary N) is 1. The Labute approximate surface area is 136 Å². The van der Waals surface area contributed by atoms with Crippen molar-refractivity contribution in [3.63, 3.8) is 0 Å². The van der Waals surface area contributed by atoms with Gasteiger partial charge in [-0.3, -0.25) is 4.79 Å². The van der Waals surface area contributed by atoms with Gasteiger partial charge >= 0.3 is 5.97 Å². The highest BCUT2D eigenvalue weighted by atomic mass is 35.5. The molecule has 0 heterocycles. The number of hydrogen-bond acceptors (Lipinski definition) is 4. The summed E-state index contributed by atoms with van der Waals surface area (Å²) in [6.45, 7) is 2.30. The van der Waals surface area contributed by atoms with Crippen molar-refractivity contribution >= 4 is 27.6 Å². The van der Waals surface area contributed by atoms with Gasteiger partial charge in [-0.15, -0.1) is 11.6 Å². The van der Waals surface area contributed by atoms with Gasteiger partial charge < -0.3 is 10.8 Å². The Hall–Kier alpha value is -1.15. The van der Waals surface area contributed by atoms with Crippen LogP contribution in [0.4, 0.5) is 0 Å². The lowest BCUT2D eigenvalue weighted by atomic mass is 10.1. The molecule has 0 aliphatic rings. The molecule has 0 aromatic heterocycles. The van der Waals surface area contributed by atoms with Crippen LogP contribution in [0.15, 0.2) is 29.2 Å². The fourth-order valence-corrected chi connectivity index (χ4v) is 2.92. The van der Waals surface area contributed by atoms with Crippen LogP contribution in [-0.4, -0.2) is 38.5 Å². The molecule has 0 bridgehead atoms. The first-order chi connectivity index (χ1) is 10.4. The van der Waals surface area contributed by atoms with Crippen molar-refractivity contribution in [3.05, 3.63) is 29.8 Å². The van der Waals surface area contributed by atoms with Crippen molar-refractivity contribution in [1.29, 1.82) is 0 Å². The minimum absolute atomic E-state index is 0.0631. The number of carboxylic acid groups (broad SMARTS) is 1. The monoisotopic (exact) mass is 350 g/mol. The highest BCUT2D eigenvalue weighted by Gasteiger charge is 2.24. The van der Waals surface area contributed by atoms with Crippen LogP contribution in [0.3, 0.4) is 0 Å². The SMILES string of the molecule is CCl.Cc1ccc(S(=O)(=O)N[C@@H](CCCCN)C(=O)O)cc1. The Kier molecular flexibility index (Phi) is 10.0. The summed E-state index contributed by atoms with van der Waals surface area (Å²) in [5.41, 5.74) is 6.27. The molecule has 6 nitrogen and oxygen atoms in total. The predicted octanol–water partition coefficient (Wildman–Crippen LogP) is 1.71. The van der Waals surface area contributed by atoms with Crippen LogP contribution in [0, 0.1) is 6.92 Å². The Morgan fingerprint density at radius 1 is 1.27 bits per heavy atom. The van der Waals surface area contributed by atoms with Crippen LogP contribution < -0.4 is 10.5 Å². The van der Waals surface area contributed by atoms with Crippen LogP contribution in [0.25, 0.3) is 0 Å².